The Balaban J connectivity index is 2.89. The number of halogens is 2. The molecule has 0 radical (unpaired) electrons. The molecule has 0 bridgehead atoms. The van der Waals surface area contributed by atoms with Crippen molar-refractivity contribution in [3.63, 3.8) is 0 Å². The molecule has 1 aliphatic carbocycles. The molecular formula is C7H8F2O2. The SMILES string of the molecule is O=C(O)C1=CCCCC1(F)F. The summed E-state index contributed by atoms with van der Waals surface area (Å²) >= 11 is 0. The van der Waals surface area contributed by atoms with Crippen LogP contribution in [0.4, 0.5) is 8.78 Å². The molecule has 1 N–H and O–H groups in total. The van der Waals surface area contributed by atoms with E-state index in [9.17, 15) is 13.6 Å². The molecule has 1 rings (SSSR count). The van der Waals surface area contributed by atoms with E-state index < -0.39 is 17.5 Å². The predicted molar refractivity (Wildman–Crippen MR) is 34.5 cm³/mol. The molecule has 0 amide bonds. The molecule has 0 saturated carbocycles. The Hall–Kier alpha value is -0.930. The van der Waals surface area contributed by atoms with E-state index in [1.807, 2.05) is 0 Å². The molecule has 0 aromatic heterocycles. The summed E-state index contributed by atoms with van der Waals surface area (Å²) < 4.78 is 25.3. The third kappa shape index (κ3) is 1.56. The summed E-state index contributed by atoms with van der Waals surface area (Å²) in [5.41, 5.74) is -0.747. The summed E-state index contributed by atoms with van der Waals surface area (Å²) in [6.45, 7) is 0. The van der Waals surface area contributed by atoms with Gasteiger partial charge in [0.15, 0.2) is 0 Å². The fourth-order valence-corrected chi connectivity index (χ4v) is 1.10. The van der Waals surface area contributed by atoms with Crippen molar-refractivity contribution in [3.8, 4) is 0 Å². The molecule has 0 spiro atoms. The van der Waals surface area contributed by atoms with Crippen molar-refractivity contribution in [2.24, 2.45) is 0 Å². The molecule has 62 valence electrons. The van der Waals surface area contributed by atoms with Crippen LogP contribution >= 0.6 is 0 Å². The zero-order valence-electron chi connectivity index (χ0n) is 5.81. The van der Waals surface area contributed by atoms with E-state index in [-0.39, 0.29) is 6.42 Å². The Bertz CT molecular complexity index is 208. The highest BCUT2D eigenvalue weighted by molar-refractivity contribution is 5.88. The molecule has 4 heteroatoms. The number of carboxylic acids is 1. The number of rotatable bonds is 1. The molecule has 1 aliphatic rings. The molecule has 0 aromatic carbocycles. The van der Waals surface area contributed by atoms with Gasteiger partial charge >= 0.3 is 5.97 Å². The van der Waals surface area contributed by atoms with Gasteiger partial charge in [-0.15, -0.1) is 0 Å². The summed E-state index contributed by atoms with van der Waals surface area (Å²) in [5, 5.41) is 8.33. The van der Waals surface area contributed by atoms with Gasteiger partial charge in [0, 0.05) is 6.42 Å². The van der Waals surface area contributed by atoms with Crippen LogP contribution in [0.2, 0.25) is 0 Å². The number of allylic oxidation sites excluding steroid dienone is 1. The van der Waals surface area contributed by atoms with Gasteiger partial charge in [0.1, 0.15) is 5.57 Å². The smallest absolute Gasteiger partial charge is 0.337 e. The van der Waals surface area contributed by atoms with E-state index in [4.69, 9.17) is 5.11 Å². The number of alkyl halides is 2. The minimum atomic E-state index is -3.12. The van der Waals surface area contributed by atoms with Gasteiger partial charge in [-0.1, -0.05) is 6.08 Å². The van der Waals surface area contributed by atoms with E-state index in [0.717, 1.165) is 6.08 Å². The zero-order chi connectivity index (χ0) is 8.48. The number of aliphatic carboxylic acids is 1. The Kier molecular flexibility index (Phi) is 1.93. The van der Waals surface area contributed by atoms with Gasteiger partial charge in [-0.3, -0.25) is 0 Å². The largest absolute Gasteiger partial charge is 0.478 e. The van der Waals surface area contributed by atoms with Gasteiger partial charge in [-0.25, -0.2) is 13.6 Å². The van der Waals surface area contributed by atoms with Gasteiger partial charge in [-0.05, 0) is 12.8 Å². The van der Waals surface area contributed by atoms with Crippen LogP contribution in [-0.2, 0) is 4.79 Å². The lowest BCUT2D eigenvalue weighted by molar-refractivity contribution is -0.136. The van der Waals surface area contributed by atoms with Crippen molar-refractivity contribution in [1.29, 1.82) is 0 Å². The first-order chi connectivity index (χ1) is 5.04. The van der Waals surface area contributed by atoms with E-state index in [2.05, 4.69) is 0 Å². The quantitative estimate of drug-likeness (QED) is 0.638. The van der Waals surface area contributed by atoms with Crippen LogP contribution in [0.5, 0.6) is 0 Å². The maximum atomic E-state index is 12.7. The van der Waals surface area contributed by atoms with Crippen LogP contribution < -0.4 is 0 Å². The average molecular weight is 162 g/mol. The van der Waals surface area contributed by atoms with E-state index >= 15 is 0 Å². The average Bonchev–Trinajstić information content (AvgIpc) is 1.85. The van der Waals surface area contributed by atoms with Crippen molar-refractivity contribution in [3.05, 3.63) is 11.6 Å². The van der Waals surface area contributed by atoms with Gasteiger partial charge in [0.2, 0.25) is 0 Å². The lowest BCUT2D eigenvalue weighted by Gasteiger charge is -2.20. The van der Waals surface area contributed by atoms with Crippen molar-refractivity contribution in [2.75, 3.05) is 0 Å². The molecule has 0 fully saturated rings. The van der Waals surface area contributed by atoms with Gasteiger partial charge < -0.3 is 5.11 Å². The second-order valence-electron chi connectivity index (χ2n) is 2.52. The Labute approximate surface area is 62.5 Å². The predicted octanol–water partition coefficient (Wildman–Crippen LogP) is 1.82. The first-order valence-corrected chi connectivity index (χ1v) is 3.36. The van der Waals surface area contributed by atoms with Crippen molar-refractivity contribution in [1.82, 2.24) is 0 Å². The molecule has 0 saturated heterocycles. The molecule has 0 aromatic rings. The second-order valence-corrected chi connectivity index (χ2v) is 2.52. The molecule has 0 aliphatic heterocycles. The van der Waals surface area contributed by atoms with Crippen LogP contribution in [-0.4, -0.2) is 17.0 Å². The molecule has 0 heterocycles. The fraction of sp³-hybridized carbons (Fsp3) is 0.571. The van der Waals surface area contributed by atoms with Crippen LogP contribution in [0, 0.1) is 0 Å². The third-order valence-electron chi connectivity index (χ3n) is 1.67. The standard InChI is InChI=1S/C7H8F2O2/c8-7(9)4-2-1-3-5(7)6(10)11/h3H,1-2,4H2,(H,10,11). The minimum absolute atomic E-state index is 0.342. The summed E-state index contributed by atoms with van der Waals surface area (Å²) in [6, 6.07) is 0. The summed E-state index contributed by atoms with van der Waals surface area (Å²) in [5.74, 6) is -4.63. The number of hydrogen-bond donors (Lipinski definition) is 1. The highest BCUT2D eigenvalue weighted by Gasteiger charge is 2.39. The number of carbonyl (C=O) groups is 1. The number of carboxylic acid groups (broad SMARTS) is 1. The molecule has 0 atom stereocenters. The normalized spacial score (nSPS) is 22.5. The molecule has 2 nitrogen and oxygen atoms in total. The van der Waals surface area contributed by atoms with Crippen molar-refractivity contribution in [2.45, 2.75) is 25.2 Å². The maximum Gasteiger partial charge on any atom is 0.337 e. The van der Waals surface area contributed by atoms with Gasteiger partial charge in [-0.2, -0.15) is 0 Å². The highest BCUT2D eigenvalue weighted by atomic mass is 19.3. The third-order valence-corrected chi connectivity index (χ3v) is 1.67. The minimum Gasteiger partial charge on any atom is -0.478 e. The van der Waals surface area contributed by atoms with Crippen molar-refractivity contribution < 1.29 is 18.7 Å². The van der Waals surface area contributed by atoms with Gasteiger partial charge in [0.25, 0.3) is 5.92 Å². The first-order valence-electron chi connectivity index (χ1n) is 3.36. The van der Waals surface area contributed by atoms with Crippen LogP contribution in [0.3, 0.4) is 0 Å². The summed E-state index contributed by atoms with van der Waals surface area (Å²) in [4.78, 5) is 10.2. The lowest BCUT2D eigenvalue weighted by atomic mass is 9.96. The van der Waals surface area contributed by atoms with Crippen LogP contribution in [0.15, 0.2) is 11.6 Å². The van der Waals surface area contributed by atoms with Crippen molar-refractivity contribution >= 4 is 5.97 Å². The molecular weight excluding hydrogens is 154 g/mol. The zero-order valence-corrected chi connectivity index (χ0v) is 5.81. The van der Waals surface area contributed by atoms with Gasteiger partial charge in [0.05, 0.1) is 0 Å². The first kappa shape index (κ1) is 8.17. The highest BCUT2D eigenvalue weighted by Crippen LogP contribution is 2.34. The van der Waals surface area contributed by atoms with Crippen LogP contribution in [0.1, 0.15) is 19.3 Å². The second kappa shape index (κ2) is 2.60. The number of hydrogen-bond acceptors (Lipinski definition) is 1. The Morgan fingerprint density at radius 1 is 1.64 bits per heavy atom. The summed E-state index contributed by atoms with van der Waals surface area (Å²) in [7, 11) is 0. The maximum absolute atomic E-state index is 12.7. The topological polar surface area (TPSA) is 37.3 Å². The molecule has 0 unspecified atom stereocenters. The molecule has 11 heavy (non-hydrogen) atoms. The Morgan fingerprint density at radius 3 is 2.64 bits per heavy atom. The Morgan fingerprint density at radius 2 is 2.27 bits per heavy atom. The van der Waals surface area contributed by atoms with E-state index in [1.165, 1.54) is 0 Å². The van der Waals surface area contributed by atoms with Crippen LogP contribution in [0.25, 0.3) is 0 Å². The monoisotopic (exact) mass is 162 g/mol. The fourth-order valence-electron chi connectivity index (χ4n) is 1.10. The van der Waals surface area contributed by atoms with E-state index in [0.29, 0.717) is 12.8 Å². The van der Waals surface area contributed by atoms with E-state index in [1.54, 1.807) is 0 Å². The lowest BCUT2D eigenvalue weighted by Crippen LogP contribution is -2.27. The summed E-state index contributed by atoms with van der Waals surface area (Å²) in [6.07, 6.45) is 1.57.